The topological polar surface area (TPSA) is 90.9 Å². The van der Waals surface area contributed by atoms with Crippen LogP contribution in [0.2, 0.25) is 0 Å². The van der Waals surface area contributed by atoms with Crippen LogP contribution < -0.4 is 9.47 Å². The maximum absolute atomic E-state index is 13.5. The van der Waals surface area contributed by atoms with Crippen LogP contribution in [0.4, 0.5) is 0 Å². The van der Waals surface area contributed by atoms with Crippen molar-refractivity contribution in [3.05, 3.63) is 52.6 Å². The van der Waals surface area contributed by atoms with Crippen molar-refractivity contribution < 1.29 is 42.7 Å². The molecule has 1 aromatic carbocycles. The third kappa shape index (κ3) is 3.49. The first-order valence-corrected chi connectivity index (χ1v) is 9.37. The van der Waals surface area contributed by atoms with Gasteiger partial charge in [0, 0.05) is 5.56 Å². The Hall–Kier alpha value is -3.49. The Balaban J connectivity index is 2.22. The Labute approximate surface area is 180 Å². The zero-order chi connectivity index (χ0) is 22.7. The highest BCUT2D eigenvalue weighted by atomic mass is 16.6. The smallest absolute Gasteiger partial charge is 0.216 e. The van der Waals surface area contributed by atoms with Gasteiger partial charge in [0.05, 0.1) is 49.8 Å². The number of hydrogen-bond donors (Lipinski definition) is 0. The number of Topliss-reactive ketones (excluding diaryl/α,β-unsaturated/α-hetero) is 1. The lowest BCUT2D eigenvalue weighted by Gasteiger charge is -2.38. The van der Waals surface area contributed by atoms with Crippen molar-refractivity contribution in [3.8, 4) is 11.5 Å². The van der Waals surface area contributed by atoms with Crippen molar-refractivity contribution in [1.82, 2.24) is 0 Å². The SMILES string of the molecule is COC1=C(c2ccc(OC)c(OC)c2)O[C@H]2C(OC)=C(OC)C(OC)=C(OC)[C@@H]2C1=O. The fraction of sp³-hybridized carbons (Fsp3) is 0.409. The maximum atomic E-state index is 13.5. The molecule has 1 aliphatic heterocycles. The minimum Gasteiger partial charge on any atom is -0.496 e. The standard InChI is InChI=1S/C22H26O9/c1-24-12-9-8-11(10-13(12)25-2)16-19(27-4)15(23)14-17(26-3)20(28-5)22(30-7)21(29-6)18(14)31-16/h8-10,14,18H,1-7H3/t14-,18+/m0/s1. The second-order valence-electron chi connectivity index (χ2n) is 6.52. The Morgan fingerprint density at radius 2 is 1.26 bits per heavy atom. The summed E-state index contributed by atoms with van der Waals surface area (Å²) in [6, 6.07) is 5.16. The Bertz CT molecular complexity index is 958. The zero-order valence-electron chi connectivity index (χ0n) is 18.6. The molecule has 2 aliphatic rings. The van der Waals surface area contributed by atoms with Gasteiger partial charge in [-0.25, -0.2) is 0 Å². The van der Waals surface area contributed by atoms with Gasteiger partial charge < -0.3 is 37.9 Å². The predicted molar refractivity (Wildman–Crippen MR) is 109 cm³/mol. The van der Waals surface area contributed by atoms with Crippen LogP contribution in [0.25, 0.3) is 5.76 Å². The fourth-order valence-corrected chi connectivity index (χ4v) is 3.78. The second-order valence-corrected chi connectivity index (χ2v) is 6.52. The normalized spacial score (nSPS) is 20.7. The lowest BCUT2D eigenvalue weighted by molar-refractivity contribution is -0.128. The summed E-state index contributed by atoms with van der Waals surface area (Å²) >= 11 is 0. The van der Waals surface area contributed by atoms with E-state index in [1.807, 2.05) is 0 Å². The molecule has 0 N–H and O–H groups in total. The van der Waals surface area contributed by atoms with E-state index in [2.05, 4.69) is 0 Å². The van der Waals surface area contributed by atoms with Gasteiger partial charge >= 0.3 is 0 Å². The molecule has 0 radical (unpaired) electrons. The number of ketones is 1. The Morgan fingerprint density at radius 1 is 0.677 bits per heavy atom. The molecule has 1 aromatic rings. The average molecular weight is 434 g/mol. The molecule has 3 rings (SSSR count). The van der Waals surface area contributed by atoms with Crippen LogP contribution in [0.3, 0.4) is 0 Å². The van der Waals surface area contributed by atoms with E-state index in [0.717, 1.165) is 0 Å². The van der Waals surface area contributed by atoms with Crippen LogP contribution in [0.5, 0.6) is 11.5 Å². The number of fused-ring (bicyclic) bond motifs is 1. The van der Waals surface area contributed by atoms with Crippen LogP contribution in [0, 0.1) is 5.92 Å². The predicted octanol–water partition coefficient (Wildman–Crippen LogP) is 2.63. The molecule has 1 heterocycles. The quantitative estimate of drug-likeness (QED) is 0.612. The van der Waals surface area contributed by atoms with E-state index in [0.29, 0.717) is 22.8 Å². The first-order chi connectivity index (χ1) is 15.0. The highest BCUT2D eigenvalue weighted by Crippen LogP contribution is 2.45. The number of rotatable bonds is 8. The molecule has 31 heavy (non-hydrogen) atoms. The van der Waals surface area contributed by atoms with Crippen molar-refractivity contribution in [1.29, 1.82) is 0 Å². The van der Waals surface area contributed by atoms with Gasteiger partial charge in [-0.2, -0.15) is 0 Å². The van der Waals surface area contributed by atoms with Crippen LogP contribution in [-0.4, -0.2) is 61.7 Å². The molecule has 1 aliphatic carbocycles. The number of ether oxygens (including phenoxy) is 8. The molecule has 0 aromatic heterocycles. The largest absolute Gasteiger partial charge is 0.496 e. The highest BCUT2D eigenvalue weighted by Gasteiger charge is 2.52. The molecule has 0 spiro atoms. The number of methoxy groups -OCH3 is 7. The van der Waals surface area contributed by atoms with Crippen LogP contribution in [0.15, 0.2) is 47.0 Å². The minimum absolute atomic E-state index is 0.0368. The number of hydrogen-bond acceptors (Lipinski definition) is 9. The first-order valence-electron chi connectivity index (χ1n) is 9.37. The zero-order valence-corrected chi connectivity index (χ0v) is 18.6. The fourth-order valence-electron chi connectivity index (χ4n) is 3.78. The number of benzene rings is 1. The van der Waals surface area contributed by atoms with Crippen LogP contribution >= 0.6 is 0 Å². The highest BCUT2D eigenvalue weighted by molar-refractivity contribution is 6.04. The van der Waals surface area contributed by atoms with Gasteiger partial charge in [-0.15, -0.1) is 0 Å². The molecule has 0 fully saturated rings. The van der Waals surface area contributed by atoms with E-state index in [-0.39, 0.29) is 34.6 Å². The minimum atomic E-state index is -0.882. The van der Waals surface area contributed by atoms with E-state index < -0.39 is 12.0 Å². The molecule has 2 atom stereocenters. The molecular formula is C22H26O9. The van der Waals surface area contributed by atoms with Crippen LogP contribution in [0.1, 0.15) is 5.56 Å². The van der Waals surface area contributed by atoms with E-state index >= 15 is 0 Å². The summed E-state index contributed by atoms with van der Waals surface area (Å²) in [5.41, 5.74) is 0.566. The van der Waals surface area contributed by atoms with Gasteiger partial charge in [0.25, 0.3) is 0 Å². The number of carbonyl (C=O) groups excluding carboxylic acids is 1. The number of carbonyl (C=O) groups is 1. The first kappa shape index (κ1) is 22.2. The summed E-state index contributed by atoms with van der Waals surface area (Å²) in [5, 5.41) is 0. The monoisotopic (exact) mass is 434 g/mol. The van der Waals surface area contributed by atoms with Crippen molar-refractivity contribution in [2.24, 2.45) is 5.92 Å². The third-order valence-corrected chi connectivity index (χ3v) is 5.15. The van der Waals surface area contributed by atoms with Crippen molar-refractivity contribution in [2.45, 2.75) is 6.10 Å². The van der Waals surface area contributed by atoms with Gasteiger partial charge in [0.1, 0.15) is 5.92 Å². The summed E-state index contributed by atoms with van der Waals surface area (Å²) in [4.78, 5) is 13.5. The van der Waals surface area contributed by atoms with Crippen molar-refractivity contribution in [2.75, 3.05) is 49.8 Å². The lowest BCUT2D eigenvalue weighted by atomic mass is 9.84. The van der Waals surface area contributed by atoms with Gasteiger partial charge in [0.15, 0.2) is 34.9 Å². The van der Waals surface area contributed by atoms with Crippen molar-refractivity contribution >= 4 is 11.5 Å². The molecular weight excluding hydrogens is 408 g/mol. The summed E-state index contributed by atoms with van der Waals surface area (Å²) in [6.45, 7) is 0. The van der Waals surface area contributed by atoms with Gasteiger partial charge in [-0.3, -0.25) is 4.79 Å². The Kier molecular flexibility index (Phi) is 6.53. The van der Waals surface area contributed by atoms with E-state index in [9.17, 15) is 4.79 Å². The number of allylic oxidation sites excluding steroid dienone is 1. The summed E-state index contributed by atoms with van der Waals surface area (Å²) < 4.78 is 44.5. The molecule has 0 saturated carbocycles. The molecule has 0 unspecified atom stereocenters. The van der Waals surface area contributed by atoms with E-state index in [1.165, 1.54) is 42.7 Å². The maximum Gasteiger partial charge on any atom is 0.216 e. The van der Waals surface area contributed by atoms with E-state index in [4.69, 9.17) is 37.9 Å². The molecule has 0 amide bonds. The molecule has 0 saturated heterocycles. The molecule has 168 valence electrons. The Morgan fingerprint density at radius 3 is 1.77 bits per heavy atom. The van der Waals surface area contributed by atoms with Gasteiger partial charge in [-0.1, -0.05) is 0 Å². The average Bonchev–Trinajstić information content (AvgIpc) is 2.81. The molecule has 0 bridgehead atoms. The summed E-state index contributed by atoms with van der Waals surface area (Å²) in [6.07, 6.45) is -0.858. The second kappa shape index (κ2) is 9.11. The summed E-state index contributed by atoms with van der Waals surface area (Å²) in [5.74, 6) is 1.15. The van der Waals surface area contributed by atoms with E-state index in [1.54, 1.807) is 25.3 Å². The molecule has 9 nitrogen and oxygen atoms in total. The van der Waals surface area contributed by atoms with Crippen molar-refractivity contribution in [3.63, 3.8) is 0 Å². The van der Waals surface area contributed by atoms with Gasteiger partial charge in [0.2, 0.25) is 23.1 Å². The van der Waals surface area contributed by atoms with Gasteiger partial charge in [-0.05, 0) is 18.2 Å². The van der Waals surface area contributed by atoms with Crippen LogP contribution in [-0.2, 0) is 33.2 Å². The lowest BCUT2D eigenvalue weighted by Crippen LogP contribution is -2.43. The third-order valence-electron chi connectivity index (χ3n) is 5.15. The molecule has 9 heteroatoms. The summed E-state index contributed by atoms with van der Waals surface area (Å²) in [7, 11) is 10.3.